The second kappa shape index (κ2) is 6.48. The van der Waals surface area contributed by atoms with Crippen molar-refractivity contribution in [1.29, 1.82) is 0 Å². The van der Waals surface area contributed by atoms with Gasteiger partial charge in [-0.3, -0.25) is 4.68 Å². The Bertz CT molecular complexity index is 510. The number of nitrogens with zero attached hydrogens (tertiary/aromatic N) is 3. The van der Waals surface area contributed by atoms with Crippen molar-refractivity contribution in [3.05, 3.63) is 46.2 Å². The van der Waals surface area contributed by atoms with E-state index < -0.39 is 0 Å². The van der Waals surface area contributed by atoms with E-state index in [9.17, 15) is 0 Å². The number of aryl methyl sites for hydroxylation is 1. The van der Waals surface area contributed by atoms with Crippen LogP contribution in [-0.2, 0) is 19.9 Å². The SMILES string of the molecule is Cn1cc(CC(CBr)Cc2ccccc2Br)nn1. The molecule has 96 valence electrons. The Labute approximate surface area is 124 Å². The lowest BCUT2D eigenvalue weighted by atomic mass is 9.97. The van der Waals surface area contributed by atoms with Gasteiger partial charge in [0.05, 0.1) is 5.69 Å². The molecule has 2 aromatic rings. The smallest absolute Gasteiger partial charge is 0.0830 e. The number of aromatic nitrogens is 3. The summed E-state index contributed by atoms with van der Waals surface area (Å²) in [6.07, 6.45) is 3.96. The lowest BCUT2D eigenvalue weighted by molar-refractivity contribution is 0.580. The average molecular weight is 373 g/mol. The van der Waals surface area contributed by atoms with Crippen LogP contribution in [0.15, 0.2) is 34.9 Å². The number of rotatable bonds is 5. The molecule has 0 radical (unpaired) electrons. The summed E-state index contributed by atoms with van der Waals surface area (Å²) < 4.78 is 2.93. The van der Waals surface area contributed by atoms with Gasteiger partial charge >= 0.3 is 0 Å². The molecule has 0 N–H and O–H groups in total. The first-order valence-electron chi connectivity index (χ1n) is 5.83. The molecule has 0 amide bonds. The summed E-state index contributed by atoms with van der Waals surface area (Å²) in [5.41, 5.74) is 2.39. The van der Waals surface area contributed by atoms with E-state index in [0.717, 1.165) is 23.9 Å². The van der Waals surface area contributed by atoms with Gasteiger partial charge in [0.25, 0.3) is 0 Å². The van der Waals surface area contributed by atoms with Crippen LogP contribution in [0.5, 0.6) is 0 Å². The standard InChI is InChI=1S/C13H15Br2N3/c1-18-9-12(16-17-18)7-10(8-14)6-11-4-2-3-5-13(11)15/h2-5,9-10H,6-8H2,1H3. The van der Waals surface area contributed by atoms with Crippen LogP contribution in [0.25, 0.3) is 0 Å². The second-order valence-corrected chi connectivity index (χ2v) is 5.91. The Balaban J connectivity index is 2.04. The molecule has 1 aromatic carbocycles. The third-order valence-corrected chi connectivity index (χ3v) is 4.52. The molecule has 1 aromatic heterocycles. The fraction of sp³-hybridized carbons (Fsp3) is 0.385. The van der Waals surface area contributed by atoms with Gasteiger partial charge in [-0.1, -0.05) is 55.3 Å². The molecule has 2 rings (SSSR count). The minimum Gasteiger partial charge on any atom is -0.255 e. The topological polar surface area (TPSA) is 30.7 Å². The highest BCUT2D eigenvalue weighted by Gasteiger charge is 2.13. The van der Waals surface area contributed by atoms with Crippen LogP contribution in [0.4, 0.5) is 0 Å². The zero-order valence-electron chi connectivity index (χ0n) is 10.2. The molecular weight excluding hydrogens is 358 g/mol. The summed E-state index contributed by atoms with van der Waals surface area (Å²) in [6.45, 7) is 0. The zero-order chi connectivity index (χ0) is 13.0. The Hall–Kier alpha value is -0.680. The van der Waals surface area contributed by atoms with Crippen molar-refractivity contribution in [2.24, 2.45) is 13.0 Å². The van der Waals surface area contributed by atoms with Crippen LogP contribution in [0.2, 0.25) is 0 Å². The zero-order valence-corrected chi connectivity index (χ0v) is 13.4. The van der Waals surface area contributed by atoms with Crippen molar-refractivity contribution >= 4 is 31.9 Å². The van der Waals surface area contributed by atoms with E-state index in [2.05, 4.69) is 60.4 Å². The van der Waals surface area contributed by atoms with Gasteiger partial charge in [0.15, 0.2) is 0 Å². The molecule has 1 atom stereocenters. The van der Waals surface area contributed by atoms with Crippen LogP contribution in [0, 0.1) is 5.92 Å². The van der Waals surface area contributed by atoms with Crippen LogP contribution < -0.4 is 0 Å². The molecular formula is C13H15Br2N3. The molecule has 0 aliphatic carbocycles. The third kappa shape index (κ3) is 3.65. The molecule has 1 unspecified atom stereocenters. The summed E-state index contributed by atoms with van der Waals surface area (Å²) in [6, 6.07) is 8.37. The van der Waals surface area contributed by atoms with Crippen molar-refractivity contribution in [3.8, 4) is 0 Å². The first-order valence-corrected chi connectivity index (χ1v) is 7.75. The van der Waals surface area contributed by atoms with E-state index in [1.54, 1.807) is 4.68 Å². The number of alkyl halides is 1. The van der Waals surface area contributed by atoms with E-state index in [-0.39, 0.29) is 0 Å². The number of hydrogen-bond donors (Lipinski definition) is 0. The van der Waals surface area contributed by atoms with E-state index in [4.69, 9.17) is 0 Å². The summed E-state index contributed by atoms with van der Waals surface area (Å²) in [7, 11) is 1.90. The monoisotopic (exact) mass is 371 g/mol. The summed E-state index contributed by atoms with van der Waals surface area (Å²) in [5, 5.41) is 9.08. The number of halogens is 2. The molecule has 18 heavy (non-hydrogen) atoms. The Morgan fingerprint density at radius 1 is 1.28 bits per heavy atom. The quantitative estimate of drug-likeness (QED) is 0.753. The van der Waals surface area contributed by atoms with E-state index in [0.29, 0.717) is 5.92 Å². The average Bonchev–Trinajstić information content (AvgIpc) is 2.76. The Morgan fingerprint density at radius 2 is 2.06 bits per heavy atom. The van der Waals surface area contributed by atoms with Gasteiger partial charge in [-0.05, 0) is 30.4 Å². The number of hydrogen-bond acceptors (Lipinski definition) is 2. The molecule has 0 aliphatic heterocycles. The predicted molar refractivity (Wildman–Crippen MR) is 79.8 cm³/mol. The van der Waals surface area contributed by atoms with Crippen LogP contribution >= 0.6 is 31.9 Å². The highest BCUT2D eigenvalue weighted by Crippen LogP contribution is 2.22. The second-order valence-electron chi connectivity index (χ2n) is 4.40. The maximum absolute atomic E-state index is 4.15. The maximum atomic E-state index is 4.15. The number of benzene rings is 1. The van der Waals surface area contributed by atoms with Gasteiger partial charge in [0.2, 0.25) is 0 Å². The summed E-state index contributed by atoms with van der Waals surface area (Å²) in [5.74, 6) is 0.528. The molecule has 1 heterocycles. The largest absolute Gasteiger partial charge is 0.255 e. The van der Waals surface area contributed by atoms with Crippen molar-refractivity contribution in [1.82, 2.24) is 15.0 Å². The van der Waals surface area contributed by atoms with Gasteiger partial charge in [-0.2, -0.15) is 0 Å². The van der Waals surface area contributed by atoms with Crippen LogP contribution in [0.1, 0.15) is 11.3 Å². The van der Waals surface area contributed by atoms with Gasteiger partial charge in [-0.15, -0.1) is 5.10 Å². The normalized spacial score (nSPS) is 12.6. The molecule has 0 fully saturated rings. The molecule has 0 aliphatic rings. The maximum Gasteiger partial charge on any atom is 0.0830 e. The van der Waals surface area contributed by atoms with Crippen LogP contribution in [0.3, 0.4) is 0 Å². The Morgan fingerprint density at radius 3 is 2.67 bits per heavy atom. The molecule has 3 nitrogen and oxygen atoms in total. The van der Waals surface area contributed by atoms with Gasteiger partial charge in [0.1, 0.15) is 0 Å². The van der Waals surface area contributed by atoms with Crippen molar-refractivity contribution in [3.63, 3.8) is 0 Å². The molecule has 0 saturated heterocycles. The molecule has 0 saturated carbocycles. The summed E-state index contributed by atoms with van der Waals surface area (Å²) in [4.78, 5) is 0. The van der Waals surface area contributed by atoms with E-state index in [1.807, 2.05) is 19.3 Å². The highest BCUT2D eigenvalue weighted by molar-refractivity contribution is 9.10. The Kier molecular flexibility index (Phi) is 4.95. The highest BCUT2D eigenvalue weighted by atomic mass is 79.9. The third-order valence-electron chi connectivity index (χ3n) is 2.83. The van der Waals surface area contributed by atoms with Crippen LogP contribution in [-0.4, -0.2) is 20.3 Å². The lowest BCUT2D eigenvalue weighted by Crippen LogP contribution is -2.10. The minimum atomic E-state index is 0.528. The minimum absolute atomic E-state index is 0.528. The first kappa shape index (κ1) is 13.7. The van der Waals surface area contributed by atoms with Crippen molar-refractivity contribution in [2.45, 2.75) is 12.8 Å². The van der Waals surface area contributed by atoms with Crippen molar-refractivity contribution in [2.75, 3.05) is 5.33 Å². The fourth-order valence-electron chi connectivity index (χ4n) is 1.94. The van der Waals surface area contributed by atoms with Gasteiger partial charge in [-0.25, -0.2) is 0 Å². The summed E-state index contributed by atoms with van der Waals surface area (Å²) >= 11 is 7.19. The molecule has 5 heteroatoms. The fourth-order valence-corrected chi connectivity index (χ4v) is 2.85. The molecule has 0 bridgehead atoms. The predicted octanol–water partition coefficient (Wildman–Crippen LogP) is 3.37. The van der Waals surface area contributed by atoms with Gasteiger partial charge < -0.3 is 0 Å². The first-order chi connectivity index (χ1) is 8.69. The van der Waals surface area contributed by atoms with Gasteiger partial charge in [0, 0.05) is 23.0 Å². The van der Waals surface area contributed by atoms with E-state index >= 15 is 0 Å². The van der Waals surface area contributed by atoms with E-state index in [1.165, 1.54) is 10.0 Å². The van der Waals surface area contributed by atoms with Crippen molar-refractivity contribution < 1.29 is 0 Å². The lowest BCUT2D eigenvalue weighted by Gasteiger charge is -2.13. The molecule has 0 spiro atoms.